The van der Waals surface area contributed by atoms with Gasteiger partial charge in [0.05, 0.1) is 14.2 Å². The molecule has 2 aromatic rings. The molecule has 0 bridgehead atoms. The first-order valence-electron chi connectivity index (χ1n) is 7.94. The summed E-state index contributed by atoms with van der Waals surface area (Å²) in [5.74, 6) is 0.576. The maximum absolute atomic E-state index is 11.5. The Balaban J connectivity index is 2.22. The van der Waals surface area contributed by atoms with E-state index in [-0.39, 0.29) is 23.3 Å². The van der Waals surface area contributed by atoms with Crippen molar-refractivity contribution in [1.82, 2.24) is 0 Å². The molecule has 0 heterocycles. The second kappa shape index (κ2) is 6.51. The van der Waals surface area contributed by atoms with E-state index < -0.39 is 0 Å². The number of phenols is 2. The second-order valence-electron chi connectivity index (χ2n) is 6.11. The summed E-state index contributed by atoms with van der Waals surface area (Å²) < 4.78 is 10.4. The van der Waals surface area contributed by atoms with Crippen molar-refractivity contribution in [3.8, 4) is 23.0 Å². The smallest absolute Gasteiger partial charge is 0.161 e. The lowest BCUT2D eigenvalue weighted by atomic mass is 9.72. The predicted molar refractivity (Wildman–Crippen MR) is 94.4 cm³/mol. The largest absolute Gasteiger partial charge is 0.504 e. The Labute approximate surface area is 146 Å². The molecule has 0 spiro atoms. The minimum Gasteiger partial charge on any atom is -0.504 e. The number of fused-ring (bicyclic) bond motifs is 1. The number of methoxy groups -OCH3 is 2. The number of hydrogen-bond acceptors (Lipinski definition) is 5. The van der Waals surface area contributed by atoms with Gasteiger partial charge >= 0.3 is 0 Å². The molecule has 0 aliphatic heterocycles. The van der Waals surface area contributed by atoms with Crippen molar-refractivity contribution >= 4 is 12.4 Å². The minimum atomic E-state index is -0.161. The van der Waals surface area contributed by atoms with Crippen LogP contribution in [0.15, 0.2) is 35.9 Å². The Morgan fingerprint density at radius 3 is 2.32 bits per heavy atom. The molecule has 0 amide bonds. The third kappa shape index (κ3) is 2.82. The summed E-state index contributed by atoms with van der Waals surface area (Å²) in [6.45, 7) is 1.97. The molecule has 5 nitrogen and oxygen atoms in total. The Kier molecular flexibility index (Phi) is 4.40. The first kappa shape index (κ1) is 16.9. The molecule has 2 N–H and O–H groups in total. The number of carbonyl (C=O) groups is 1. The maximum Gasteiger partial charge on any atom is 0.161 e. The van der Waals surface area contributed by atoms with Crippen LogP contribution in [0, 0.1) is 5.92 Å². The van der Waals surface area contributed by atoms with Crippen LogP contribution in [-0.4, -0.2) is 30.7 Å². The van der Waals surface area contributed by atoms with E-state index in [1.807, 2.05) is 13.0 Å². The molecule has 1 aliphatic carbocycles. The number of allylic oxidation sites excluding steroid dienone is 1. The van der Waals surface area contributed by atoms with Crippen molar-refractivity contribution in [3.63, 3.8) is 0 Å². The van der Waals surface area contributed by atoms with Gasteiger partial charge in [-0.25, -0.2) is 0 Å². The highest BCUT2D eigenvalue weighted by atomic mass is 16.5. The average molecular weight is 340 g/mol. The van der Waals surface area contributed by atoms with Crippen LogP contribution in [0.1, 0.15) is 29.5 Å². The van der Waals surface area contributed by atoms with Gasteiger partial charge < -0.3 is 19.7 Å². The number of aldehydes is 1. The molecular weight excluding hydrogens is 320 g/mol. The van der Waals surface area contributed by atoms with Gasteiger partial charge in [0.15, 0.2) is 23.0 Å². The summed E-state index contributed by atoms with van der Waals surface area (Å²) in [5, 5.41) is 20.1. The molecule has 2 aromatic carbocycles. The van der Waals surface area contributed by atoms with Gasteiger partial charge in [-0.1, -0.05) is 13.0 Å². The SMILES string of the molecule is COc1cc(C2c3cc(O)c(OC)cc3C=C(C=O)C2C)ccc1O. The first-order valence-corrected chi connectivity index (χ1v) is 7.94. The fourth-order valence-corrected chi connectivity index (χ4v) is 3.43. The van der Waals surface area contributed by atoms with Gasteiger partial charge in [-0.05, 0) is 58.5 Å². The van der Waals surface area contributed by atoms with Crippen molar-refractivity contribution < 1.29 is 24.5 Å². The molecule has 2 unspecified atom stereocenters. The van der Waals surface area contributed by atoms with Gasteiger partial charge in [-0.15, -0.1) is 0 Å². The summed E-state index contributed by atoms with van der Waals surface area (Å²) in [7, 11) is 2.98. The van der Waals surface area contributed by atoms with E-state index in [0.717, 1.165) is 23.0 Å². The molecule has 25 heavy (non-hydrogen) atoms. The highest BCUT2D eigenvalue weighted by molar-refractivity contribution is 5.86. The highest BCUT2D eigenvalue weighted by Crippen LogP contribution is 2.46. The topological polar surface area (TPSA) is 76.0 Å². The fourth-order valence-electron chi connectivity index (χ4n) is 3.43. The summed E-state index contributed by atoms with van der Waals surface area (Å²) in [5.41, 5.74) is 3.27. The Bertz CT molecular complexity index is 853. The third-order valence-electron chi connectivity index (χ3n) is 4.77. The highest BCUT2D eigenvalue weighted by Gasteiger charge is 2.31. The Hall–Kier alpha value is -2.95. The molecule has 0 aromatic heterocycles. The Morgan fingerprint density at radius 2 is 1.68 bits per heavy atom. The summed E-state index contributed by atoms with van der Waals surface area (Å²) >= 11 is 0. The van der Waals surface area contributed by atoms with Crippen LogP contribution in [0.25, 0.3) is 6.08 Å². The third-order valence-corrected chi connectivity index (χ3v) is 4.77. The van der Waals surface area contributed by atoms with Gasteiger partial charge in [0.25, 0.3) is 0 Å². The predicted octanol–water partition coefficient (Wildman–Crippen LogP) is 3.48. The lowest BCUT2D eigenvalue weighted by Gasteiger charge is -2.31. The zero-order chi connectivity index (χ0) is 18.1. The van der Waals surface area contributed by atoms with Crippen LogP contribution in [0.2, 0.25) is 0 Å². The fraction of sp³-hybridized carbons (Fsp3) is 0.250. The number of aromatic hydroxyl groups is 2. The monoisotopic (exact) mass is 340 g/mol. The van der Waals surface area contributed by atoms with E-state index in [0.29, 0.717) is 17.1 Å². The van der Waals surface area contributed by atoms with Crippen molar-refractivity contribution in [2.75, 3.05) is 14.2 Å². The van der Waals surface area contributed by atoms with E-state index in [4.69, 9.17) is 9.47 Å². The molecular formula is C20H20O5. The lowest BCUT2D eigenvalue weighted by molar-refractivity contribution is -0.105. The number of hydrogen-bond donors (Lipinski definition) is 2. The van der Waals surface area contributed by atoms with E-state index in [1.54, 1.807) is 30.3 Å². The van der Waals surface area contributed by atoms with Gasteiger partial charge in [0.1, 0.15) is 6.29 Å². The number of ether oxygens (including phenoxy) is 2. The van der Waals surface area contributed by atoms with Crippen LogP contribution in [0.4, 0.5) is 0 Å². The van der Waals surface area contributed by atoms with Crippen molar-refractivity contribution in [2.24, 2.45) is 5.92 Å². The maximum atomic E-state index is 11.5. The first-order chi connectivity index (χ1) is 12.0. The van der Waals surface area contributed by atoms with E-state index in [9.17, 15) is 15.0 Å². The number of phenolic OH excluding ortho intramolecular Hbond substituents is 2. The average Bonchev–Trinajstić information content (AvgIpc) is 2.62. The molecule has 3 rings (SSSR count). The minimum absolute atomic E-state index is 0.0483. The standard InChI is InChI=1S/C20H20O5/c1-11-14(10-21)6-13-8-19(25-3)17(23)9-15(13)20(11)12-4-5-16(22)18(7-12)24-2/h4-11,20,22-23H,1-3H3. The molecule has 0 saturated heterocycles. The van der Waals surface area contributed by atoms with Crippen LogP contribution >= 0.6 is 0 Å². The number of carbonyl (C=O) groups excluding carboxylic acids is 1. The number of benzene rings is 2. The van der Waals surface area contributed by atoms with Gasteiger partial charge in [0, 0.05) is 5.92 Å². The second-order valence-corrected chi connectivity index (χ2v) is 6.11. The normalized spacial score (nSPS) is 18.9. The van der Waals surface area contributed by atoms with E-state index in [2.05, 4.69) is 0 Å². The molecule has 0 radical (unpaired) electrons. The zero-order valence-electron chi connectivity index (χ0n) is 14.3. The summed E-state index contributed by atoms with van der Waals surface area (Å²) in [6, 6.07) is 8.54. The van der Waals surface area contributed by atoms with Crippen LogP contribution in [0.5, 0.6) is 23.0 Å². The van der Waals surface area contributed by atoms with Gasteiger partial charge in [0.2, 0.25) is 0 Å². The van der Waals surface area contributed by atoms with E-state index >= 15 is 0 Å². The molecule has 0 saturated carbocycles. The van der Waals surface area contributed by atoms with Gasteiger partial charge in [-0.2, -0.15) is 0 Å². The van der Waals surface area contributed by atoms with Crippen molar-refractivity contribution in [3.05, 3.63) is 52.6 Å². The quantitative estimate of drug-likeness (QED) is 0.834. The summed E-state index contributed by atoms with van der Waals surface area (Å²) in [4.78, 5) is 11.5. The molecule has 1 aliphatic rings. The van der Waals surface area contributed by atoms with Crippen molar-refractivity contribution in [1.29, 1.82) is 0 Å². The zero-order valence-corrected chi connectivity index (χ0v) is 14.3. The van der Waals surface area contributed by atoms with E-state index in [1.165, 1.54) is 14.2 Å². The summed E-state index contributed by atoms with van der Waals surface area (Å²) in [6.07, 6.45) is 2.68. The van der Waals surface area contributed by atoms with Crippen LogP contribution in [-0.2, 0) is 4.79 Å². The lowest BCUT2D eigenvalue weighted by Crippen LogP contribution is -2.19. The molecule has 5 heteroatoms. The Morgan fingerprint density at radius 1 is 1.00 bits per heavy atom. The molecule has 130 valence electrons. The number of rotatable bonds is 4. The van der Waals surface area contributed by atoms with Crippen LogP contribution in [0.3, 0.4) is 0 Å². The molecule has 2 atom stereocenters. The van der Waals surface area contributed by atoms with Crippen LogP contribution < -0.4 is 9.47 Å². The van der Waals surface area contributed by atoms with Crippen molar-refractivity contribution in [2.45, 2.75) is 12.8 Å². The van der Waals surface area contributed by atoms with Gasteiger partial charge in [-0.3, -0.25) is 4.79 Å². The molecule has 0 fully saturated rings.